The second-order valence-corrected chi connectivity index (χ2v) is 5.22. The van der Waals surface area contributed by atoms with Crippen LogP contribution in [0.25, 0.3) is 0 Å². The van der Waals surface area contributed by atoms with Crippen molar-refractivity contribution in [3.05, 3.63) is 44.8 Å². The van der Waals surface area contributed by atoms with Crippen LogP contribution in [0.3, 0.4) is 0 Å². The van der Waals surface area contributed by atoms with E-state index in [1.54, 1.807) is 22.7 Å². The third-order valence-corrected chi connectivity index (χ3v) is 4.06. The minimum Gasteiger partial charge on any atom is -0.154 e. The fourth-order valence-corrected chi connectivity index (χ4v) is 2.56. The minimum atomic E-state index is 0.964. The molecule has 0 fully saturated rings. The topological polar surface area (TPSA) is 24.7 Å². The van der Waals surface area contributed by atoms with Gasteiger partial charge in [-0.1, -0.05) is 12.1 Å². The molecule has 2 heterocycles. The van der Waals surface area contributed by atoms with Crippen LogP contribution in [0.4, 0.5) is 0 Å². The molecule has 0 aliphatic carbocycles. The maximum absolute atomic E-state index is 4.24. The zero-order valence-electron chi connectivity index (χ0n) is 9.18. The van der Waals surface area contributed by atoms with Crippen LogP contribution in [0.5, 0.6) is 0 Å². The predicted octanol–water partition coefficient (Wildman–Crippen LogP) is 4.04. The van der Waals surface area contributed by atoms with Crippen molar-refractivity contribution in [1.82, 2.24) is 0 Å². The summed E-state index contributed by atoms with van der Waals surface area (Å²) < 4.78 is 0. The third-order valence-electron chi connectivity index (χ3n) is 2.11. The number of thiophene rings is 2. The molecule has 2 rings (SSSR count). The molecule has 0 unspecified atom stereocenters. The number of nitrogens with zero attached hydrogens (tertiary/aromatic N) is 2. The van der Waals surface area contributed by atoms with Crippen LogP contribution in [0.1, 0.15) is 23.6 Å². The van der Waals surface area contributed by atoms with Crippen molar-refractivity contribution in [2.24, 2.45) is 10.2 Å². The normalized spacial score (nSPS) is 13.1. The molecule has 16 heavy (non-hydrogen) atoms. The molecule has 0 N–H and O–H groups in total. The molecule has 82 valence electrons. The molecule has 0 atom stereocenters. The molecule has 0 saturated carbocycles. The van der Waals surface area contributed by atoms with Gasteiger partial charge in [0.15, 0.2) is 0 Å². The molecule has 0 amide bonds. The molecule has 0 aromatic carbocycles. The first-order chi connectivity index (χ1) is 7.77. The minimum absolute atomic E-state index is 0.964. The summed E-state index contributed by atoms with van der Waals surface area (Å²) in [5, 5.41) is 12.6. The van der Waals surface area contributed by atoms with Crippen molar-refractivity contribution in [3.8, 4) is 0 Å². The number of rotatable bonds is 3. The highest BCUT2D eigenvalue weighted by atomic mass is 32.1. The van der Waals surface area contributed by atoms with Crippen LogP contribution in [0.2, 0.25) is 0 Å². The lowest BCUT2D eigenvalue weighted by Gasteiger charge is -1.94. The van der Waals surface area contributed by atoms with Crippen LogP contribution >= 0.6 is 22.7 Å². The Labute approximate surface area is 103 Å². The first-order valence-corrected chi connectivity index (χ1v) is 6.70. The van der Waals surface area contributed by atoms with Gasteiger partial charge in [0.25, 0.3) is 0 Å². The molecule has 2 aromatic rings. The SMILES string of the molecule is CC(=NN=C(C)c1cccs1)c1cccs1. The van der Waals surface area contributed by atoms with Gasteiger partial charge in [0, 0.05) is 0 Å². The summed E-state index contributed by atoms with van der Waals surface area (Å²) in [7, 11) is 0. The lowest BCUT2D eigenvalue weighted by molar-refractivity contribution is 1.22. The molecule has 0 aliphatic heterocycles. The van der Waals surface area contributed by atoms with E-state index in [0.717, 1.165) is 11.4 Å². The summed E-state index contributed by atoms with van der Waals surface area (Å²) in [5.41, 5.74) is 1.93. The van der Waals surface area contributed by atoms with Crippen molar-refractivity contribution in [2.75, 3.05) is 0 Å². The average Bonchev–Trinajstić information content (AvgIpc) is 2.95. The van der Waals surface area contributed by atoms with E-state index >= 15 is 0 Å². The van der Waals surface area contributed by atoms with Gasteiger partial charge in [0.2, 0.25) is 0 Å². The molecule has 0 bridgehead atoms. The Morgan fingerprint density at radius 2 is 1.31 bits per heavy atom. The van der Waals surface area contributed by atoms with Gasteiger partial charge in [-0.05, 0) is 36.7 Å². The van der Waals surface area contributed by atoms with E-state index in [2.05, 4.69) is 22.3 Å². The summed E-state index contributed by atoms with van der Waals surface area (Å²) in [6.07, 6.45) is 0. The van der Waals surface area contributed by atoms with E-state index in [9.17, 15) is 0 Å². The van der Waals surface area contributed by atoms with Gasteiger partial charge in [-0.3, -0.25) is 0 Å². The maximum atomic E-state index is 4.24. The van der Waals surface area contributed by atoms with E-state index in [4.69, 9.17) is 0 Å². The van der Waals surface area contributed by atoms with Gasteiger partial charge < -0.3 is 0 Å². The van der Waals surface area contributed by atoms with E-state index in [1.807, 2.05) is 36.7 Å². The number of hydrogen-bond donors (Lipinski definition) is 0. The van der Waals surface area contributed by atoms with E-state index in [0.29, 0.717) is 0 Å². The summed E-state index contributed by atoms with van der Waals surface area (Å²) in [6, 6.07) is 8.16. The lowest BCUT2D eigenvalue weighted by Crippen LogP contribution is -1.92. The van der Waals surface area contributed by atoms with Crippen molar-refractivity contribution in [1.29, 1.82) is 0 Å². The quantitative estimate of drug-likeness (QED) is 0.578. The molecular formula is C12H12N2S2. The second-order valence-electron chi connectivity index (χ2n) is 3.33. The zero-order valence-corrected chi connectivity index (χ0v) is 10.8. The molecule has 0 aliphatic rings. The summed E-state index contributed by atoms with van der Waals surface area (Å²) >= 11 is 3.37. The fourth-order valence-electron chi connectivity index (χ4n) is 1.22. The summed E-state index contributed by atoms with van der Waals surface area (Å²) in [6.45, 7) is 3.97. The van der Waals surface area contributed by atoms with Crippen LogP contribution in [-0.2, 0) is 0 Å². The Balaban J connectivity index is 2.17. The lowest BCUT2D eigenvalue weighted by atomic mass is 10.3. The first-order valence-electron chi connectivity index (χ1n) is 4.94. The highest BCUT2D eigenvalue weighted by molar-refractivity contribution is 7.12. The Morgan fingerprint density at radius 3 is 1.62 bits per heavy atom. The van der Waals surface area contributed by atoms with Gasteiger partial charge in [0.1, 0.15) is 0 Å². The van der Waals surface area contributed by atoms with Crippen molar-refractivity contribution < 1.29 is 0 Å². The van der Waals surface area contributed by atoms with Crippen molar-refractivity contribution >= 4 is 34.1 Å². The van der Waals surface area contributed by atoms with Gasteiger partial charge >= 0.3 is 0 Å². The van der Waals surface area contributed by atoms with E-state index in [1.165, 1.54) is 9.75 Å². The second kappa shape index (κ2) is 5.18. The van der Waals surface area contributed by atoms with Crippen LogP contribution < -0.4 is 0 Å². The fraction of sp³-hybridized carbons (Fsp3) is 0.167. The molecule has 0 saturated heterocycles. The zero-order chi connectivity index (χ0) is 11.4. The predicted molar refractivity (Wildman–Crippen MR) is 73.1 cm³/mol. The summed E-state index contributed by atoms with van der Waals surface area (Å²) in [4.78, 5) is 2.34. The molecule has 4 heteroatoms. The molecule has 2 nitrogen and oxygen atoms in total. The van der Waals surface area contributed by atoms with Gasteiger partial charge in [-0.25, -0.2) is 0 Å². The molecule has 0 radical (unpaired) electrons. The van der Waals surface area contributed by atoms with Crippen molar-refractivity contribution in [2.45, 2.75) is 13.8 Å². The number of hydrogen-bond acceptors (Lipinski definition) is 4. The average molecular weight is 248 g/mol. The Hall–Kier alpha value is -1.26. The van der Waals surface area contributed by atoms with Crippen LogP contribution in [-0.4, -0.2) is 11.4 Å². The smallest absolute Gasteiger partial charge is 0.0771 e. The standard InChI is InChI=1S/C12H12N2S2/c1-9(11-5-3-7-15-11)13-14-10(2)12-6-4-8-16-12/h3-8H,1-2H3. The third kappa shape index (κ3) is 2.65. The highest BCUT2D eigenvalue weighted by Gasteiger charge is 1.99. The van der Waals surface area contributed by atoms with E-state index < -0.39 is 0 Å². The monoisotopic (exact) mass is 248 g/mol. The highest BCUT2D eigenvalue weighted by Crippen LogP contribution is 2.12. The van der Waals surface area contributed by atoms with Crippen molar-refractivity contribution in [3.63, 3.8) is 0 Å². The largest absolute Gasteiger partial charge is 0.154 e. The van der Waals surface area contributed by atoms with Crippen LogP contribution in [0.15, 0.2) is 45.2 Å². The van der Waals surface area contributed by atoms with E-state index in [-0.39, 0.29) is 0 Å². The van der Waals surface area contributed by atoms with Gasteiger partial charge in [-0.2, -0.15) is 10.2 Å². The first kappa shape index (κ1) is 11.2. The Morgan fingerprint density at radius 1 is 0.875 bits per heavy atom. The maximum Gasteiger partial charge on any atom is 0.0771 e. The molecular weight excluding hydrogens is 236 g/mol. The van der Waals surface area contributed by atoms with Gasteiger partial charge in [0.05, 0.1) is 21.2 Å². The van der Waals surface area contributed by atoms with Crippen LogP contribution in [0, 0.1) is 0 Å². The Bertz CT molecular complexity index is 445. The Kier molecular flexibility index (Phi) is 3.64. The summed E-state index contributed by atoms with van der Waals surface area (Å²) in [5.74, 6) is 0. The van der Waals surface area contributed by atoms with Gasteiger partial charge in [-0.15, -0.1) is 22.7 Å². The molecule has 0 spiro atoms. The molecule has 2 aromatic heterocycles.